The molecule has 0 aromatic heterocycles. The fraction of sp³-hybridized carbons (Fsp3) is 0.333. The van der Waals surface area contributed by atoms with Crippen molar-refractivity contribution in [1.29, 1.82) is 0 Å². The molecule has 0 amide bonds. The highest BCUT2D eigenvalue weighted by Gasteiger charge is 2.14. The number of ether oxygens (including phenoxy) is 1. The first kappa shape index (κ1) is 13.7. The topological polar surface area (TPSA) is 9.23 Å². The van der Waals surface area contributed by atoms with Crippen LogP contribution in [0.4, 0.5) is 0 Å². The van der Waals surface area contributed by atoms with Gasteiger partial charge in [0.25, 0.3) is 0 Å². The van der Waals surface area contributed by atoms with E-state index in [2.05, 4.69) is 54.6 Å². The van der Waals surface area contributed by atoms with E-state index in [0.717, 1.165) is 13.0 Å². The van der Waals surface area contributed by atoms with Crippen LogP contribution in [0, 0.1) is 0 Å². The average molecular weight is 284 g/mol. The smallest absolute Gasteiger partial charge is 0.107 e. The zero-order valence-corrected chi connectivity index (χ0v) is 12.4. The number of benzene rings is 2. The Morgan fingerprint density at radius 1 is 0.900 bits per heavy atom. The summed E-state index contributed by atoms with van der Waals surface area (Å²) in [6.07, 6.45) is 4.69. The molecule has 1 unspecified atom stereocenters. The monoisotopic (exact) mass is 284 g/mol. The van der Waals surface area contributed by atoms with Gasteiger partial charge in [-0.3, -0.25) is 0 Å². The minimum Gasteiger partial charge on any atom is -0.367 e. The largest absolute Gasteiger partial charge is 0.367 e. The Morgan fingerprint density at radius 2 is 1.65 bits per heavy atom. The summed E-state index contributed by atoms with van der Waals surface area (Å²) in [7, 11) is 0. The SMILES string of the molecule is c1ccc(Cc2ccc(SC3CCCCO3)cc2)cc1. The summed E-state index contributed by atoms with van der Waals surface area (Å²) in [6, 6.07) is 19.5. The van der Waals surface area contributed by atoms with Crippen molar-refractivity contribution >= 4 is 11.8 Å². The third-order valence-corrected chi connectivity index (χ3v) is 4.76. The predicted octanol–water partition coefficient (Wildman–Crippen LogP) is 4.90. The highest BCUT2D eigenvalue weighted by Crippen LogP contribution is 2.30. The maximum absolute atomic E-state index is 5.77. The summed E-state index contributed by atoms with van der Waals surface area (Å²) in [5, 5.41) is 0. The molecule has 1 aliphatic rings. The molecule has 0 spiro atoms. The molecule has 0 aliphatic carbocycles. The summed E-state index contributed by atoms with van der Waals surface area (Å²) in [6.45, 7) is 0.920. The van der Waals surface area contributed by atoms with E-state index in [1.54, 1.807) is 0 Å². The van der Waals surface area contributed by atoms with Crippen LogP contribution in [0.15, 0.2) is 59.5 Å². The fourth-order valence-corrected chi connectivity index (χ4v) is 3.52. The van der Waals surface area contributed by atoms with Crippen molar-refractivity contribution in [2.24, 2.45) is 0 Å². The van der Waals surface area contributed by atoms with E-state index in [1.807, 2.05) is 11.8 Å². The van der Waals surface area contributed by atoms with Crippen LogP contribution in [0.5, 0.6) is 0 Å². The lowest BCUT2D eigenvalue weighted by Gasteiger charge is -2.21. The average Bonchev–Trinajstić information content (AvgIpc) is 2.51. The molecule has 0 bridgehead atoms. The van der Waals surface area contributed by atoms with E-state index in [4.69, 9.17) is 4.74 Å². The van der Waals surface area contributed by atoms with E-state index in [-0.39, 0.29) is 0 Å². The lowest BCUT2D eigenvalue weighted by atomic mass is 10.1. The molecular weight excluding hydrogens is 264 g/mol. The molecule has 0 saturated carbocycles. The molecule has 104 valence electrons. The fourth-order valence-electron chi connectivity index (χ4n) is 2.47. The molecular formula is C18H20OS. The second kappa shape index (κ2) is 6.96. The number of rotatable bonds is 4. The number of thioether (sulfide) groups is 1. The third kappa shape index (κ3) is 3.87. The molecule has 1 saturated heterocycles. The number of hydrogen-bond acceptors (Lipinski definition) is 2. The summed E-state index contributed by atoms with van der Waals surface area (Å²) in [5.41, 5.74) is 3.08. The van der Waals surface area contributed by atoms with Crippen molar-refractivity contribution in [3.8, 4) is 0 Å². The Balaban J connectivity index is 1.59. The molecule has 0 radical (unpaired) electrons. The van der Waals surface area contributed by atoms with Gasteiger partial charge in [0, 0.05) is 11.5 Å². The molecule has 2 heteroatoms. The van der Waals surface area contributed by atoms with Crippen molar-refractivity contribution in [1.82, 2.24) is 0 Å². The van der Waals surface area contributed by atoms with Crippen LogP contribution in [0.25, 0.3) is 0 Å². The van der Waals surface area contributed by atoms with Gasteiger partial charge in [-0.25, -0.2) is 0 Å². The Labute approximate surface area is 125 Å². The zero-order valence-electron chi connectivity index (χ0n) is 11.6. The first-order valence-electron chi connectivity index (χ1n) is 7.31. The molecule has 1 atom stereocenters. The van der Waals surface area contributed by atoms with Crippen LogP contribution in [0.2, 0.25) is 0 Å². The van der Waals surface area contributed by atoms with Crippen LogP contribution in [0.3, 0.4) is 0 Å². The zero-order chi connectivity index (χ0) is 13.6. The van der Waals surface area contributed by atoms with Crippen LogP contribution in [-0.2, 0) is 11.2 Å². The van der Waals surface area contributed by atoms with E-state index >= 15 is 0 Å². The predicted molar refractivity (Wildman–Crippen MR) is 85.1 cm³/mol. The first-order valence-corrected chi connectivity index (χ1v) is 8.19. The van der Waals surface area contributed by atoms with Gasteiger partial charge in [0.05, 0.1) is 0 Å². The Morgan fingerprint density at radius 3 is 2.35 bits per heavy atom. The van der Waals surface area contributed by atoms with Crippen molar-refractivity contribution in [3.05, 3.63) is 65.7 Å². The molecule has 3 rings (SSSR count). The summed E-state index contributed by atoms with van der Waals surface area (Å²) in [5.74, 6) is 0. The summed E-state index contributed by atoms with van der Waals surface area (Å²) in [4.78, 5) is 1.31. The van der Waals surface area contributed by atoms with Crippen molar-refractivity contribution in [2.45, 2.75) is 36.0 Å². The Bertz CT molecular complexity index is 515. The van der Waals surface area contributed by atoms with Crippen LogP contribution in [0.1, 0.15) is 30.4 Å². The Hall–Kier alpha value is -1.25. The molecule has 2 aromatic carbocycles. The van der Waals surface area contributed by atoms with Crippen LogP contribution < -0.4 is 0 Å². The van der Waals surface area contributed by atoms with E-state index in [9.17, 15) is 0 Å². The van der Waals surface area contributed by atoms with Crippen LogP contribution >= 0.6 is 11.8 Å². The van der Waals surface area contributed by atoms with Gasteiger partial charge in [-0.1, -0.05) is 54.2 Å². The quantitative estimate of drug-likeness (QED) is 0.790. The van der Waals surface area contributed by atoms with Crippen molar-refractivity contribution in [3.63, 3.8) is 0 Å². The second-order valence-electron chi connectivity index (χ2n) is 5.22. The van der Waals surface area contributed by atoms with E-state index in [1.165, 1.54) is 35.3 Å². The summed E-state index contributed by atoms with van der Waals surface area (Å²) >= 11 is 1.86. The maximum atomic E-state index is 5.77. The molecule has 1 aliphatic heterocycles. The van der Waals surface area contributed by atoms with Gasteiger partial charge in [0.1, 0.15) is 5.44 Å². The summed E-state index contributed by atoms with van der Waals surface area (Å²) < 4.78 is 5.77. The lowest BCUT2D eigenvalue weighted by Crippen LogP contribution is -2.14. The van der Waals surface area contributed by atoms with Crippen LogP contribution in [-0.4, -0.2) is 12.0 Å². The van der Waals surface area contributed by atoms with Gasteiger partial charge in [0.2, 0.25) is 0 Å². The molecule has 0 N–H and O–H groups in total. The van der Waals surface area contributed by atoms with Gasteiger partial charge in [0.15, 0.2) is 0 Å². The normalized spacial score (nSPS) is 18.9. The minimum atomic E-state index is 0.351. The van der Waals surface area contributed by atoms with Crippen molar-refractivity contribution in [2.75, 3.05) is 6.61 Å². The highest BCUT2D eigenvalue weighted by molar-refractivity contribution is 7.99. The Kier molecular flexibility index (Phi) is 4.77. The molecule has 1 heterocycles. The molecule has 1 nitrogen and oxygen atoms in total. The third-order valence-electron chi connectivity index (χ3n) is 3.58. The van der Waals surface area contributed by atoms with Gasteiger partial charge < -0.3 is 4.74 Å². The van der Waals surface area contributed by atoms with Gasteiger partial charge in [-0.15, -0.1) is 0 Å². The first-order chi connectivity index (χ1) is 9.90. The van der Waals surface area contributed by atoms with Gasteiger partial charge >= 0.3 is 0 Å². The minimum absolute atomic E-state index is 0.351. The van der Waals surface area contributed by atoms with E-state index < -0.39 is 0 Å². The molecule has 1 fully saturated rings. The standard InChI is InChI=1S/C18H20OS/c1-2-6-15(7-3-1)14-16-9-11-17(12-10-16)20-18-8-4-5-13-19-18/h1-3,6-7,9-12,18H,4-5,8,13-14H2. The number of hydrogen-bond donors (Lipinski definition) is 0. The second-order valence-corrected chi connectivity index (χ2v) is 6.45. The van der Waals surface area contributed by atoms with Gasteiger partial charge in [-0.2, -0.15) is 0 Å². The van der Waals surface area contributed by atoms with E-state index in [0.29, 0.717) is 5.44 Å². The highest BCUT2D eigenvalue weighted by atomic mass is 32.2. The van der Waals surface area contributed by atoms with Gasteiger partial charge in [-0.05, 0) is 48.9 Å². The molecule has 20 heavy (non-hydrogen) atoms. The van der Waals surface area contributed by atoms with Crippen molar-refractivity contribution < 1.29 is 4.74 Å². The maximum Gasteiger partial charge on any atom is 0.107 e. The molecule has 2 aromatic rings. The lowest BCUT2D eigenvalue weighted by molar-refractivity contribution is 0.0728.